The van der Waals surface area contributed by atoms with E-state index in [1.807, 2.05) is 0 Å². The summed E-state index contributed by atoms with van der Waals surface area (Å²) in [7, 11) is 1.49. The van der Waals surface area contributed by atoms with Gasteiger partial charge in [-0.25, -0.2) is 9.07 Å². The summed E-state index contributed by atoms with van der Waals surface area (Å²) in [5.74, 6) is -1.38. The van der Waals surface area contributed by atoms with Crippen molar-refractivity contribution in [2.45, 2.75) is 12.3 Å². The van der Waals surface area contributed by atoms with Gasteiger partial charge in [-0.2, -0.15) is 13.2 Å². The van der Waals surface area contributed by atoms with Gasteiger partial charge in [0, 0.05) is 7.05 Å². The van der Waals surface area contributed by atoms with E-state index in [9.17, 15) is 22.7 Å². The molecule has 1 atom stereocenters. The van der Waals surface area contributed by atoms with Gasteiger partial charge in [-0.15, -0.1) is 5.10 Å². The van der Waals surface area contributed by atoms with E-state index < -0.39 is 23.7 Å². The molecule has 8 heteroatoms. The van der Waals surface area contributed by atoms with Gasteiger partial charge in [0.25, 0.3) is 0 Å². The summed E-state index contributed by atoms with van der Waals surface area (Å²) < 4.78 is 52.0. The molecule has 0 saturated carbocycles. The summed E-state index contributed by atoms with van der Waals surface area (Å²) in [6.07, 6.45) is -4.95. The molecule has 0 aliphatic rings. The maximum Gasteiger partial charge on any atom is 0.419 e. The number of rotatable bonds is 2. The lowest BCUT2D eigenvalue weighted by atomic mass is 10.0. The summed E-state index contributed by atoms with van der Waals surface area (Å²) in [6, 6.07) is 2.33. The van der Waals surface area contributed by atoms with E-state index in [1.54, 1.807) is 0 Å². The molecule has 2 aromatic rings. The first kappa shape index (κ1) is 13.5. The first-order valence-electron chi connectivity index (χ1n) is 5.20. The Morgan fingerprint density at radius 1 is 1.32 bits per heavy atom. The van der Waals surface area contributed by atoms with Crippen LogP contribution in [0, 0.1) is 5.82 Å². The van der Waals surface area contributed by atoms with Gasteiger partial charge in [0.2, 0.25) is 0 Å². The van der Waals surface area contributed by atoms with Crippen LogP contribution in [0.4, 0.5) is 17.6 Å². The lowest BCUT2D eigenvalue weighted by molar-refractivity contribution is -0.140. The topological polar surface area (TPSA) is 50.9 Å². The fourth-order valence-corrected chi connectivity index (χ4v) is 1.65. The number of benzene rings is 1. The number of nitrogens with zero attached hydrogens (tertiary/aromatic N) is 3. The Kier molecular flexibility index (Phi) is 3.27. The normalized spacial score (nSPS) is 13.6. The lowest BCUT2D eigenvalue weighted by Gasteiger charge is -2.14. The number of aliphatic hydroxyl groups excluding tert-OH is 1. The first-order valence-corrected chi connectivity index (χ1v) is 5.20. The monoisotopic (exact) mass is 275 g/mol. The zero-order valence-corrected chi connectivity index (χ0v) is 9.69. The molecule has 0 fully saturated rings. The van der Waals surface area contributed by atoms with Gasteiger partial charge < -0.3 is 5.11 Å². The van der Waals surface area contributed by atoms with Crippen LogP contribution >= 0.6 is 0 Å². The molecule has 1 aromatic carbocycles. The Bertz CT molecular complexity index is 594. The van der Waals surface area contributed by atoms with Crippen molar-refractivity contribution < 1.29 is 22.7 Å². The zero-order valence-electron chi connectivity index (χ0n) is 9.69. The van der Waals surface area contributed by atoms with Gasteiger partial charge in [-0.3, -0.25) is 0 Å². The van der Waals surface area contributed by atoms with E-state index in [1.165, 1.54) is 17.9 Å². The van der Waals surface area contributed by atoms with E-state index in [4.69, 9.17) is 0 Å². The molecule has 0 spiro atoms. The number of aryl methyl sites for hydroxylation is 1. The maximum atomic E-state index is 13.1. The number of aliphatic hydroxyl groups is 1. The quantitative estimate of drug-likeness (QED) is 0.853. The summed E-state index contributed by atoms with van der Waals surface area (Å²) in [4.78, 5) is 0. The van der Waals surface area contributed by atoms with Crippen LogP contribution in [0.15, 0.2) is 24.4 Å². The van der Waals surface area contributed by atoms with Crippen LogP contribution in [0.25, 0.3) is 0 Å². The molecule has 0 radical (unpaired) electrons. The van der Waals surface area contributed by atoms with Crippen LogP contribution in [0.3, 0.4) is 0 Å². The minimum Gasteiger partial charge on any atom is -0.382 e. The van der Waals surface area contributed by atoms with Crippen LogP contribution in [0.1, 0.15) is 22.9 Å². The third-order valence-electron chi connectivity index (χ3n) is 2.64. The highest BCUT2D eigenvalue weighted by atomic mass is 19.4. The Morgan fingerprint density at radius 3 is 2.53 bits per heavy atom. The maximum absolute atomic E-state index is 13.1. The summed E-state index contributed by atoms with van der Waals surface area (Å²) in [6.45, 7) is 0. The Morgan fingerprint density at radius 2 is 2.00 bits per heavy atom. The van der Waals surface area contributed by atoms with Crippen molar-refractivity contribution in [3.8, 4) is 0 Å². The minimum atomic E-state index is -4.81. The van der Waals surface area contributed by atoms with Crippen molar-refractivity contribution in [1.82, 2.24) is 15.0 Å². The van der Waals surface area contributed by atoms with Crippen LogP contribution < -0.4 is 0 Å². The molecule has 0 saturated heterocycles. The molecule has 0 aliphatic carbocycles. The highest BCUT2D eigenvalue weighted by molar-refractivity contribution is 5.31. The van der Waals surface area contributed by atoms with Crippen molar-refractivity contribution in [3.63, 3.8) is 0 Å². The molecule has 0 amide bonds. The lowest BCUT2D eigenvalue weighted by Crippen LogP contribution is -2.11. The first-order chi connectivity index (χ1) is 8.80. The molecular weight excluding hydrogens is 266 g/mol. The third kappa shape index (κ3) is 2.58. The second-order valence-corrected chi connectivity index (χ2v) is 3.92. The van der Waals surface area contributed by atoms with Crippen LogP contribution in [0.5, 0.6) is 0 Å². The number of aromatic nitrogens is 3. The molecule has 1 unspecified atom stereocenters. The SMILES string of the molecule is Cn1nncc1C(O)c1ccc(F)c(C(F)(F)F)c1. The summed E-state index contributed by atoms with van der Waals surface area (Å²) >= 11 is 0. The van der Waals surface area contributed by atoms with E-state index in [0.717, 1.165) is 6.07 Å². The molecule has 1 N–H and O–H groups in total. The number of hydrogen-bond donors (Lipinski definition) is 1. The number of halogens is 4. The van der Waals surface area contributed by atoms with Crippen LogP contribution in [-0.2, 0) is 13.2 Å². The molecule has 0 bridgehead atoms. The van der Waals surface area contributed by atoms with Crippen LogP contribution in [0.2, 0.25) is 0 Å². The third-order valence-corrected chi connectivity index (χ3v) is 2.64. The molecule has 0 aliphatic heterocycles. The van der Waals surface area contributed by atoms with Gasteiger partial charge in [0.05, 0.1) is 17.5 Å². The molecule has 19 heavy (non-hydrogen) atoms. The fourth-order valence-electron chi connectivity index (χ4n) is 1.65. The smallest absolute Gasteiger partial charge is 0.382 e. The average Bonchev–Trinajstić information content (AvgIpc) is 2.73. The van der Waals surface area contributed by atoms with E-state index in [-0.39, 0.29) is 11.3 Å². The summed E-state index contributed by atoms with van der Waals surface area (Å²) in [5.41, 5.74) is -1.29. The van der Waals surface area contributed by atoms with Crippen molar-refractivity contribution in [2.24, 2.45) is 7.05 Å². The number of alkyl halides is 3. The molecule has 2 rings (SSSR count). The Hall–Kier alpha value is -1.96. The second kappa shape index (κ2) is 4.61. The Balaban J connectivity index is 2.44. The van der Waals surface area contributed by atoms with Gasteiger partial charge >= 0.3 is 6.18 Å². The van der Waals surface area contributed by atoms with Crippen molar-refractivity contribution >= 4 is 0 Å². The van der Waals surface area contributed by atoms with Gasteiger partial charge in [0.15, 0.2) is 0 Å². The van der Waals surface area contributed by atoms with Crippen molar-refractivity contribution in [1.29, 1.82) is 0 Å². The highest BCUT2D eigenvalue weighted by Crippen LogP contribution is 2.33. The number of hydrogen-bond acceptors (Lipinski definition) is 3. The predicted octanol–water partition coefficient (Wildman–Crippen LogP) is 2.05. The van der Waals surface area contributed by atoms with E-state index in [2.05, 4.69) is 10.3 Å². The largest absolute Gasteiger partial charge is 0.419 e. The van der Waals surface area contributed by atoms with E-state index in [0.29, 0.717) is 12.1 Å². The van der Waals surface area contributed by atoms with E-state index >= 15 is 0 Å². The average molecular weight is 275 g/mol. The summed E-state index contributed by atoms with van der Waals surface area (Å²) in [5, 5.41) is 17.0. The van der Waals surface area contributed by atoms with Crippen molar-refractivity contribution in [3.05, 3.63) is 47.0 Å². The van der Waals surface area contributed by atoms with Gasteiger partial charge in [-0.05, 0) is 17.7 Å². The zero-order chi connectivity index (χ0) is 14.2. The second-order valence-electron chi connectivity index (χ2n) is 3.92. The highest BCUT2D eigenvalue weighted by Gasteiger charge is 2.34. The standard InChI is InChI=1S/C11H9F4N3O/c1-18-9(5-16-17-18)10(19)6-2-3-8(12)7(4-6)11(13,14)15/h2-5,10,19H,1H3. The minimum absolute atomic E-state index is 0.0841. The predicted molar refractivity (Wildman–Crippen MR) is 56.5 cm³/mol. The van der Waals surface area contributed by atoms with Gasteiger partial charge in [-0.1, -0.05) is 11.3 Å². The van der Waals surface area contributed by atoms with Gasteiger partial charge in [0.1, 0.15) is 11.9 Å². The van der Waals surface area contributed by atoms with Crippen molar-refractivity contribution in [2.75, 3.05) is 0 Å². The molecule has 1 heterocycles. The van der Waals surface area contributed by atoms with Crippen LogP contribution in [-0.4, -0.2) is 20.1 Å². The molecular formula is C11H9F4N3O. The Labute approximate surface area is 105 Å². The molecule has 102 valence electrons. The molecule has 4 nitrogen and oxygen atoms in total. The molecule has 1 aromatic heterocycles. The fraction of sp³-hybridized carbons (Fsp3) is 0.273.